The zero-order valence-corrected chi connectivity index (χ0v) is 13.2. The molecule has 0 amide bonds. The van der Waals surface area contributed by atoms with Crippen LogP contribution < -0.4 is 0 Å². The van der Waals surface area contributed by atoms with Crippen molar-refractivity contribution in [2.45, 2.75) is 31.7 Å². The first-order valence-corrected chi connectivity index (χ1v) is 7.96. The Balaban J connectivity index is 2.06. The maximum absolute atomic E-state index is 12.1. The third-order valence-electron chi connectivity index (χ3n) is 2.86. The molecule has 0 saturated carbocycles. The molecular weight excluding hydrogens is 310 g/mol. The van der Waals surface area contributed by atoms with Crippen molar-refractivity contribution in [3.8, 4) is 0 Å². The van der Waals surface area contributed by atoms with Crippen molar-refractivity contribution in [2.24, 2.45) is 0 Å². The summed E-state index contributed by atoms with van der Waals surface area (Å²) in [5.74, 6) is 0.766. The molecule has 0 fully saturated rings. The number of thioether (sulfide) groups is 1. The van der Waals surface area contributed by atoms with E-state index >= 15 is 0 Å². The van der Waals surface area contributed by atoms with Gasteiger partial charge in [-0.1, -0.05) is 42.4 Å². The molecule has 0 aliphatic rings. The van der Waals surface area contributed by atoms with E-state index in [-0.39, 0.29) is 18.1 Å². The Kier molecular flexibility index (Phi) is 5.78. The van der Waals surface area contributed by atoms with Gasteiger partial charge in [-0.15, -0.1) is 10.2 Å². The van der Waals surface area contributed by atoms with E-state index in [0.717, 1.165) is 13.0 Å². The normalized spacial score (nSPS) is 10.8. The molecule has 1 N–H and O–H groups in total. The average Bonchev–Trinajstić information content (AvgIpc) is 2.87. The highest BCUT2D eigenvalue weighted by Crippen LogP contribution is 2.20. The van der Waals surface area contributed by atoms with Gasteiger partial charge in [-0.2, -0.15) is 0 Å². The Morgan fingerprint density at radius 3 is 2.90 bits per heavy atom. The van der Waals surface area contributed by atoms with E-state index in [1.165, 1.54) is 11.8 Å². The van der Waals surface area contributed by atoms with Crippen molar-refractivity contribution in [3.05, 3.63) is 40.7 Å². The molecule has 112 valence electrons. The standard InChI is InChI=1S/C14H16ClN3O2S/c1-2-6-18-13(8-19)16-17-14(18)21-9-12(20)10-4-3-5-11(15)7-10/h3-5,7,19H,2,6,8-9H2,1H3. The second kappa shape index (κ2) is 7.59. The predicted octanol–water partition coefficient (Wildman–Crippen LogP) is 2.81. The molecule has 0 unspecified atom stereocenters. The van der Waals surface area contributed by atoms with Crippen molar-refractivity contribution in [1.29, 1.82) is 0 Å². The van der Waals surface area contributed by atoms with E-state index in [1.807, 2.05) is 11.5 Å². The highest BCUT2D eigenvalue weighted by atomic mass is 35.5. The molecule has 0 spiro atoms. The lowest BCUT2D eigenvalue weighted by Gasteiger charge is -2.07. The lowest BCUT2D eigenvalue weighted by Crippen LogP contribution is -2.07. The second-order valence-corrected chi connectivity index (χ2v) is 5.81. The molecular formula is C14H16ClN3O2S. The van der Waals surface area contributed by atoms with Crippen LogP contribution >= 0.6 is 23.4 Å². The topological polar surface area (TPSA) is 68.0 Å². The van der Waals surface area contributed by atoms with Gasteiger partial charge in [-0.25, -0.2) is 0 Å². The minimum Gasteiger partial charge on any atom is -0.388 e. The number of hydrogen-bond donors (Lipinski definition) is 1. The fraction of sp³-hybridized carbons (Fsp3) is 0.357. The maximum Gasteiger partial charge on any atom is 0.191 e. The highest BCUT2D eigenvalue weighted by Gasteiger charge is 2.14. The summed E-state index contributed by atoms with van der Waals surface area (Å²) in [5, 5.41) is 18.4. The van der Waals surface area contributed by atoms with Crippen LogP contribution in [0.5, 0.6) is 0 Å². The Morgan fingerprint density at radius 1 is 1.43 bits per heavy atom. The number of nitrogens with zero attached hydrogens (tertiary/aromatic N) is 3. The first-order chi connectivity index (χ1) is 10.2. The van der Waals surface area contributed by atoms with Crippen LogP contribution in [0.2, 0.25) is 5.02 Å². The van der Waals surface area contributed by atoms with Crippen LogP contribution in [0.25, 0.3) is 0 Å². The van der Waals surface area contributed by atoms with Crippen LogP contribution in [-0.2, 0) is 13.2 Å². The van der Waals surface area contributed by atoms with E-state index in [0.29, 0.717) is 21.6 Å². The van der Waals surface area contributed by atoms with Gasteiger partial charge in [0.05, 0.1) is 5.75 Å². The fourth-order valence-electron chi connectivity index (χ4n) is 1.87. The smallest absolute Gasteiger partial charge is 0.191 e. The lowest BCUT2D eigenvalue weighted by molar-refractivity contribution is 0.102. The fourth-order valence-corrected chi connectivity index (χ4v) is 2.93. The first kappa shape index (κ1) is 16.0. The van der Waals surface area contributed by atoms with Gasteiger partial charge in [-0.3, -0.25) is 4.79 Å². The van der Waals surface area contributed by atoms with Gasteiger partial charge in [0.15, 0.2) is 16.8 Å². The number of rotatable bonds is 7. The van der Waals surface area contributed by atoms with Crippen molar-refractivity contribution in [1.82, 2.24) is 14.8 Å². The quantitative estimate of drug-likeness (QED) is 0.626. The molecule has 0 atom stereocenters. The van der Waals surface area contributed by atoms with E-state index in [2.05, 4.69) is 10.2 Å². The molecule has 0 radical (unpaired) electrons. The van der Waals surface area contributed by atoms with Gasteiger partial charge in [0.25, 0.3) is 0 Å². The third-order valence-corrected chi connectivity index (χ3v) is 4.06. The Hall–Kier alpha value is -1.37. The molecule has 1 heterocycles. The third kappa shape index (κ3) is 4.06. The molecule has 1 aromatic carbocycles. The van der Waals surface area contributed by atoms with Crippen molar-refractivity contribution in [2.75, 3.05) is 5.75 Å². The van der Waals surface area contributed by atoms with Gasteiger partial charge in [0, 0.05) is 17.1 Å². The molecule has 1 aromatic heterocycles. The van der Waals surface area contributed by atoms with Crippen LogP contribution in [-0.4, -0.2) is 31.4 Å². The zero-order valence-electron chi connectivity index (χ0n) is 11.6. The van der Waals surface area contributed by atoms with Gasteiger partial charge in [-0.05, 0) is 18.6 Å². The number of hydrogen-bond acceptors (Lipinski definition) is 5. The lowest BCUT2D eigenvalue weighted by atomic mass is 10.1. The summed E-state index contributed by atoms with van der Waals surface area (Å²) in [6, 6.07) is 6.88. The van der Waals surface area contributed by atoms with E-state index in [9.17, 15) is 9.90 Å². The van der Waals surface area contributed by atoms with Gasteiger partial charge < -0.3 is 9.67 Å². The van der Waals surface area contributed by atoms with Gasteiger partial charge >= 0.3 is 0 Å². The minimum atomic E-state index is -0.157. The van der Waals surface area contributed by atoms with Crippen molar-refractivity contribution < 1.29 is 9.90 Å². The number of halogens is 1. The monoisotopic (exact) mass is 325 g/mol. The Bertz CT molecular complexity index is 630. The predicted molar refractivity (Wildman–Crippen MR) is 82.7 cm³/mol. The number of carbonyl (C=O) groups is 1. The Morgan fingerprint density at radius 2 is 2.24 bits per heavy atom. The molecule has 21 heavy (non-hydrogen) atoms. The SMILES string of the molecule is CCCn1c(CO)nnc1SCC(=O)c1cccc(Cl)c1. The van der Waals surface area contributed by atoms with E-state index in [1.54, 1.807) is 24.3 Å². The average molecular weight is 326 g/mol. The van der Waals surface area contributed by atoms with Gasteiger partial charge in [0.2, 0.25) is 0 Å². The maximum atomic E-state index is 12.1. The Labute approximate surface area is 132 Å². The minimum absolute atomic E-state index is 0.0147. The molecule has 2 aromatic rings. The summed E-state index contributed by atoms with van der Waals surface area (Å²) in [7, 11) is 0. The number of aromatic nitrogens is 3. The van der Waals surface area contributed by atoms with Crippen molar-refractivity contribution >= 4 is 29.1 Å². The van der Waals surface area contributed by atoms with Crippen LogP contribution in [0, 0.1) is 0 Å². The molecule has 0 aliphatic carbocycles. The number of aliphatic hydroxyl groups excluding tert-OH is 1. The molecule has 2 rings (SSSR count). The van der Waals surface area contributed by atoms with E-state index < -0.39 is 0 Å². The second-order valence-electron chi connectivity index (χ2n) is 4.43. The summed E-state index contributed by atoms with van der Waals surface area (Å²) >= 11 is 7.20. The summed E-state index contributed by atoms with van der Waals surface area (Å²) in [4.78, 5) is 12.1. The van der Waals surface area contributed by atoms with Crippen LogP contribution in [0.15, 0.2) is 29.4 Å². The number of benzene rings is 1. The summed E-state index contributed by atoms with van der Waals surface area (Å²) in [6.07, 6.45) is 0.904. The van der Waals surface area contributed by atoms with Gasteiger partial charge in [0.1, 0.15) is 6.61 Å². The molecule has 5 nitrogen and oxygen atoms in total. The number of Topliss-reactive ketones (excluding diaryl/α,β-unsaturated/α-hetero) is 1. The van der Waals surface area contributed by atoms with E-state index in [4.69, 9.17) is 11.6 Å². The summed E-state index contributed by atoms with van der Waals surface area (Å²) in [6.45, 7) is 2.60. The number of aliphatic hydroxyl groups is 1. The molecule has 0 saturated heterocycles. The summed E-state index contributed by atoms with van der Waals surface area (Å²) < 4.78 is 1.84. The molecule has 0 aliphatic heterocycles. The zero-order chi connectivity index (χ0) is 15.2. The molecule has 7 heteroatoms. The number of ketones is 1. The van der Waals surface area contributed by atoms with Crippen molar-refractivity contribution in [3.63, 3.8) is 0 Å². The highest BCUT2D eigenvalue weighted by molar-refractivity contribution is 7.99. The number of carbonyl (C=O) groups excluding carboxylic acids is 1. The van der Waals surface area contributed by atoms with Crippen LogP contribution in [0.1, 0.15) is 29.5 Å². The molecule has 0 bridgehead atoms. The largest absolute Gasteiger partial charge is 0.388 e. The first-order valence-electron chi connectivity index (χ1n) is 6.60. The van der Waals surface area contributed by atoms with Crippen LogP contribution in [0.4, 0.5) is 0 Å². The van der Waals surface area contributed by atoms with Crippen LogP contribution in [0.3, 0.4) is 0 Å². The summed E-state index contributed by atoms with van der Waals surface area (Å²) in [5.41, 5.74) is 0.582.